The van der Waals surface area contributed by atoms with Crippen molar-refractivity contribution in [1.82, 2.24) is 14.8 Å². The number of hydrogen-bond donors (Lipinski definition) is 1. The molecule has 0 spiro atoms. The van der Waals surface area contributed by atoms with Crippen molar-refractivity contribution in [3.63, 3.8) is 0 Å². The molecule has 1 unspecified atom stereocenters. The molecule has 5 heteroatoms. The number of aromatic nitrogens is 3. The Hall–Kier alpha value is -1.39. The number of aliphatic hydroxyl groups is 1. The smallest absolute Gasteiger partial charge is 0.138 e. The molecule has 0 saturated heterocycles. The normalized spacial score (nSPS) is 12.8. The number of hydrogen-bond acceptors (Lipinski definition) is 3. The summed E-state index contributed by atoms with van der Waals surface area (Å²) in [5.41, 5.74) is 1.07. The Kier molecular flexibility index (Phi) is 5.15. The molecule has 1 atom stereocenters. The van der Waals surface area contributed by atoms with Crippen molar-refractivity contribution in [3.8, 4) is 0 Å². The molecule has 0 aliphatic rings. The van der Waals surface area contributed by atoms with Gasteiger partial charge in [0.1, 0.15) is 12.2 Å². The zero-order valence-corrected chi connectivity index (χ0v) is 12.6. The minimum Gasteiger partial charge on any atom is -0.392 e. The first-order chi connectivity index (χ1) is 9.54. The van der Waals surface area contributed by atoms with Crippen LogP contribution in [-0.2, 0) is 19.4 Å². The van der Waals surface area contributed by atoms with E-state index in [9.17, 15) is 5.11 Å². The Morgan fingerprint density at radius 3 is 2.55 bits per heavy atom. The predicted octanol–water partition coefficient (Wildman–Crippen LogP) is 2.73. The molecule has 2 aromatic rings. The molecule has 2 rings (SSSR count). The maximum Gasteiger partial charge on any atom is 0.138 e. The molecule has 0 aliphatic carbocycles. The second kappa shape index (κ2) is 6.86. The lowest BCUT2D eigenvalue weighted by Gasteiger charge is -2.12. The third-order valence-electron chi connectivity index (χ3n) is 3.04. The van der Waals surface area contributed by atoms with E-state index in [1.807, 2.05) is 28.9 Å². The van der Waals surface area contributed by atoms with Gasteiger partial charge < -0.3 is 5.11 Å². The average Bonchev–Trinajstić information content (AvgIpc) is 2.78. The van der Waals surface area contributed by atoms with Gasteiger partial charge in [0.15, 0.2) is 0 Å². The van der Waals surface area contributed by atoms with Gasteiger partial charge in [-0.15, -0.1) is 0 Å². The van der Waals surface area contributed by atoms with Gasteiger partial charge in [-0.25, -0.2) is 9.67 Å². The van der Waals surface area contributed by atoms with Crippen LogP contribution in [0.3, 0.4) is 0 Å². The lowest BCUT2D eigenvalue weighted by Crippen LogP contribution is -2.19. The van der Waals surface area contributed by atoms with Gasteiger partial charge in [0.25, 0.3) is 0 Å². The lowest BCUT2D eigenvalue weighted by atomic mass is 10.1. The number of rotatable bonds is 6. The molecule has 4 nitrogen and oxygen atoms in total. The van der Waals surface area contributed by atoms with E-state index in [4.69, 9.17) is 11.6 Å². The van der Waals surface area contributed by atoms with Crippen LogP contribution < -0.4 is 0 Å². The van der Waals surface area contributed by atoms with Crippen LogP contribution in [0.5, 0.6) is 0 Å². The lowest BCUT2D eigenvalue weighted by molar-refractivity contribution is 0.170. The fraction of sp³-hybridized carbons (Fsp3) is 0.467. The highest BCUT2D eigenvalue weighted by molar-refractivity contribution is 6.30. The highest BCUT2D eigenvalue weighted by Crippen LogP contribution is 2.13. The first-order valence-corrected chi connectivity index (χ1v) is 7.21. The molecular formula is C15H20ClN3O. The van der Waals surface area contributed by atoms with Crippen molar-refractivity contribution in [2.75, 3.05) is 0 Å². The van der Waals surface area contributed by atoms with Crippen molar-refractivity contribution in [3.05, 3.63) is 47.0 Å². The van der Waals surface area contributed by atoms with Gasteiger partial charge in [-0.3, -0.25) is 0 Å². The summed E-state index contributed by atoms with van der Waals surface area (Å²) in [6.07, 6.45) is 2.18. The number of benzene rings is 1. The van der Waals surface area contributed by atoms with Gasteiger partial charge in [-0.1, -0.05) is 37.6 Å². The maximum atomic E-state index is 10.2. The summed E-state index contributed by atoms with van der Waals surface area (Å²) in [7, 11) is 0. The molecule has 20 heavy (non-hydrogen) atoms. The molecule has 0 saturated carbocycles. The summed E-state index contributed by atoms with van der Waals surface area (Å²) in [6.45, 7) is 5.09. The summed E-state index contributed by atoms with van der Waals surface area (Å²) in [5, 5.41) is 15.1. The van der Waals surface area contributed by atoms with Gasteiger partial charge in [0, 0.05) is 18.0 Å². The van der Waals surface area contributed by atoms with E-state index in [0.717, 1.165) is 17.9 Å². The Balaban J connectivity index is 1.96. The van der Waals surface area contributed by atoms with E-state index in [0.29, 0.717) is 23.8 Å². The van der Waals surface area contributed by atoms with E-state index in [1.165, 1.54) is 0 Å². The highest BCUT2D eigenvalue weighted by atomic mass is 35.5. The molecule has 0 amide bonds. The minimum absolute atomic E-state index is 0.466. The van der Waals surface area contributed by atoms with Crippen molar-refractivity contribution in [1.29, 1.82) is 0 Å². The zero-order chi connectivity index (χ0) is 14.5. The van der Waals surface area contributed by atoms with Crippen LogP contribution in [0, 0.1) is 5.92 Å². The summed E-state index contributed by atoms with van der Waals surface area (Å²) in [6, 6.07) is 7.55. The highest BCUT2D eigenvalue weighted by Gasteiger charge is 2.12. The Morgan fingerprint density at radius 1 is 1.20 bits per heavy atom. The number of aliphatic hydroxyl groups excluding tert-OH is 1. The largest absolute Gasteiger partial charge is 0.392 e. The summed E-state index contributed by atoms with van der Waals surface area (Å²) >= 11 is 5.85. The summed E-state index contributed by atoms with van der Waals surface area (Å²) < 4.78 is 1.87. The van der Waals surface area contributed by atoms with Gasteiger partial charge in [0.2, 0.25) is 0 Å². The van der Waals surface area contributed by atoms with Crippen molar-refractivity contribution >= 4 is 11.6 Å². The third-order valence-corrected chi connectivity index (χ3v) is 3.29. The molecule has 0 bridgehead atoms. The van der Waals surface area contributed by atoms with Gasteiger partial charge in [0.05, 0.1) is 6.10 Å². The molecule has 0 radical (unpaired) electrons. The minimum atomic E-state index is -0.466. The van der Waals surface area contributed by atoms with E-state index in [2.05, 4.69) is 23.9 Å². The van der Waals surface area contributed by atoms with Crippen LogP contribution in [-0.4, -0.2) is 26.0 Å². The summed E-state index contributed by atoms with van der Waals surface area (Å²) in [5.74, 6) is 1.34. The molecule has 108 valence electrons. The predicted molar refractivity (Wildman–Crippen MR) is 79.7 cm³/mol. The van der Waals surface area contributed by atoms with E-state index >= 15 is 0 Å². The molecule has 0 aliphatic heterocycles. The third kappa shape index (κ3) is 4.32. The quantitative estimate of drug-likeness (QED) is 0.891. The second-order valence-electron chi connectivity index (χ2n) is 5.44. The van der Waals surface area contributed by atoms with Crippen LogP contribution in [0.25, 0.3) is 0 Å². The van der Waals surface area contributed by atoms with Crippen molar-refractivity contribution < 1.29 is 5.11 Å². The van der Waals surface area contributed by atoms with E-state index in [-0.39, 0.29) is 0 Å². The molecule has 1 aromatic heterocycles. The van der Waals surface area contributed by atoms with Crippen molar-refractivity contribution in [2.24, 2.45) is 5.92 Å². The van der Waals surface area contributed by atoms with Crippen LogP contribution >= 0.6 is 11.6 Å². The second-order valence-corrected chi connectivity index (χ2v) is 5.88. The monoisotopic (exact) mass is 293 g/mol. The van der Waals surface area contributed by atoms with Crippen LogP contribution in [0.15, 0.2) is 30.6 Å². The molecule has 1 aromatic carbocycles. The van der Waals surface area contributed by atoms with Gasteiger partial charge in [-0.2, -0.15) is 5.10 Å². The fourth-order valence-electron chi connectivity index (χ4n) is 2.12. The topological polar surface area (TPSA) is 50.9 Å². The van der Waals surface area contributed by atoms with Crippen LogP contribution in [0.1, 0.15) is 25.2 Å². The van der Waals surface area contributed by atoms with Gasteiger partial charge >= 0.3 is 0 Å². The first kappa shape index (κ1) is 15.0. The molecular weight excluding hydrogens is 274 g/mol. The van der Waals surface area contributed by atoms with Gasteiger partial charge in [-0.05, 0) is 30.0 Å². The SMILES string of the molecule is CC(C)Cn1ncnc1CC(O)Cc1ccc(Cl)cc1. The molecule has 1 heterocycles. The Labute approximate surface area is 124 Å². The molecule has 0 fully saturated rings. The standard InChI is InChI=1S/C15H20ClN3O/c1-11(2)9-19-15(17-10-18-19)8-14(20)7-12-3-5-13(16)6-4-12/h3-6,10-11,14,20H,7-9H2,1-2H3. The van der Waals surface area contributed by atoms with Crippen LogP contribution in [0.4, 0.5) is 0 Å². The van der Waals surface area contributed by atoms with Crippen LogP contribution in [0.2, 0.25) is 5.02 Å². The Bertz CT molecular complexity index is 536. The van der Waals surface area contributed by atoms with E-state index < -0.39 is 6.10 Å². The molecule has 1 N–H and O–H groups in total. The van der Waals surface area contributed by atoms with E-state index in [1.54, 1.807) is 6.33 Å². The average molecular weight is 294 g/mol. The fourth-order valence-corrected chi connectivity index (χ4v) is 2.25. The first-order valence-electron chi connectivity index (χ1n) is 6.83. The van der Waals surface area contributed by atoms with Crippen molar-refractivity contribution in [2.45, 2.75) is 39.3 Å². The number of nitrogens with zero attached hydrogens (tertiary/aromatic N) is 3. The number of halogens is 1. The zero-order valence-electron chi connectivity index (χ0n) is 11.8. The maximum absolute atomic E-state index is 10.2. The summed E-state index contributed by atoms with van der Waals surface area (Å²) in [4.78, 5) is 4.24. The Morgan fingerprint density at radius 2 is 1.90 bits per heavy atom.